The Morgan fingerprint density at radius 3 is 1.50 bits per heavy atom. The van der Waals surface area contributed by atoms with Gasteiger partial charge in [-0.2, -0.15) is 0 Å². The first-order valence-electron chi connectivity index (χ1n) is 4.23. The fourth-order valence-electron chi connectivity index (χ4n) is 0. The van der Waals surface area contributed by atoms with E-state index in [0.717, 1.165) is 6.61 Å². The predicted molar refractivity (Wildman–Crippen MR) is 53.3 cm³/mol. The summed E-state index contributed by atoms with van der Waals surface area (Å²) >= 11 is 0. The SMILES string of the molecule is CC.CC(=O)N(C)C.CCOC. The van der Waals surface area contributed by atoms with Gasteiger partial charge in [-0.3, -0.25) is 4.79 Å². The molecular formula is C9H23NO2. The van der Waals surface area contributed by atoms with E-state index < -0.39 is 0 Å². The summed E-state index contributed by atoms with van der Waals surface area (Å²) in [5.41, 5.74) is 0. The van der Waals surface area contributed by atoms with E-state index in [-0.39, 0.29) is 5.91 Å². The summed E-state index contributed by atoms with van der Waals surface area (Å²) < 4.78 is 4.54. The van der Waals surface area contributed by atoms with Crippen LogP contribution >= 0.6 is 0 Å². The predicted octanol–water partition coefficient (Wildman–Crippen LogP) is 1.77. The summed E-state index contributed by atoms with van der Waals surface area (Å²) in [6.07, 6.45) is 0. The van der Waals surface area contributed by atoms with E-state index in [1.807, 2.05) is 20.8 Å². The third-order valence-electron chi connectivity index (χ3n) is 0.918. The van der Waals surface area contributed by atoms with E-state index in [1.54, 1.807) is 21.2 Å². The first-order valence-corrected chi connectivity index (χ1v) is 4.23. The summed E-state index contributed by atoms with van der Waals surface area (Å²) in [6, 6.07) is 0. The fourth-order valence-corrected chi connectivity index (χ4v) is 0. The van der Waals surface area contributed by atoms with Gasteiger partial charge in [-0.25, -0.2) is 0 Å². The summed E-state index contributed by atoms with van der Waals surface area (Å²) in [4.78, 5) is 11.6. The molecule has 0 saturated carbocycles. The Balaban J connectivity index is -0.000000118. The quantitative estimate of drug-likeness (QED) is 0.611. The van der Waals surface area contributed by atoms with Gasteiger partial charge in [-0.15, -0.1) is 0 Å². The summed E-state index contributed by atoms with van der Waals surface area (Å²) in [5, 5.41) is 0. The van der Waals surface area contributed by atoms with E-state index in [1.165, 1.54) is 11.8 Å². The average molecular weight is 177 g/mol. The number of rotatable bonds is 1. The van der Waals surface area contributed by atoms with Crippen molar-refractivity contribution in [3.8, 4) is 0 Å². The molecule has 0 aliphatic heterocycles. The topological polar surface area (TPSA) is 29.5 Å². The van der Waals surface area contributed by atoms with E-state index in [4.69, 9.17) is 0 Å². The molecule has 0 aromatic heterocycles. The molecule has 0 radical (unpaired) electrons. The molecule has 3 heteroatoms. The van der Waals surface area contributed by atoms with Gasteiger partial charge in [0.1, 0.15) is 0 Å². The molecule has 0 N–H and O–H groups in total. The lowest BCUT2D eigenvalue weighted by molar-refractivity contribution is -0.126. The lowest BCUT2D eigenvalue weighted by atomic mass is 10.7. The largest absolute Gasteiger partial charge is 0.385 e. The Morgan fingerprint density at radius 2 is 1.50 bits per heavy atom. The Kier molecular flexibility index (Phi) is 24.5. The molecule has 0 fully saturated rings. The second kappa shape index (κ2) is 16.8. The van der Waals surface area contributed by atoms with Crippen molar-refractivity contribution < 1.29 is 9.53 Å². The van der Waals surface area contributed by atoms with Crippen molar-refractivity contribution in [3.05, 3.63) is 0 Å². The van der Waals surface area contributed by atoms with Crippen LogP contribution in [0.1, 0.15) is 27.7 Å². The third-order valence-corrected chi connectivity index (χ3v) is 0.918. The zero-order valence-electron chi connectivity index (χ0n) is 9.47. The van der Waals surface area contributed by atoms with Crippen LogP contribution in [-0.2, 0) is 9.53 Å². The average Bonchev–Trinajstić information content (AvgIpc) is 2.08. The Hall–Kier alpha value is -0.570. The molecule has 0 aliphatic rings. The highest BCUT2D eigenvalue weighted by Crippen LogP contribution is 1.69. The smallest absolute Gasteiger partial charge is 0.218 e. The molecular weight excluding hydrogens is 154 g/mol. The summed E-state index contributed by atoms with van der Waals surface area (Å²) in [5.74, 6) is 0.0926. The zero-order chi connectivity index (χ0) is 10.6. The van der Waals surface area contributed by atoms with Crippen LogP contribution in [0.3, 0.4) is 0 Å². The lowest BCUT2D eigenvalue weighted by Crippen LogP contribution is -2.17. The number of hydrogen-bond donors (Lipinski definition) is 0. The molecule has 0 rings (SSSR count). The van der Waals surface area contributed by atoms with Crippen molar-refractivity contribution in [2.24, 2.45) is 0 Å². The molecule has 12 heavy (non-hydrogen) atoms. The van der Waals surface area contributed by atoms with Crippen molar-refractivity contribution in [2.75, 3.05) is 27.8 Å². The second-order valence-electron chi connectivity index (χ2n) is 1.99. The molecule has 0 saturated heterocycles. The van der Waals surface area contributed by atoms with Crippen LogP contribution in [0, 0.1) is 0 Å². The van der Waals surface area contributed by atoms with Crippen molar-refractivity contribution in [2.45, 2.75) is 27.7 Å². The number of nitrogens with zero attached hydrogens (tertiary/aromatic N) is 1. The Labute approximate surface area is 76.7 Å². The van der Waals surface area contributed by atoms with Crippen molar-refractivity contribution >= 4 is 5.91 Å². The van der Waals surface area contributed by atoms with Gasteiger partial charge in [-0.05, 0) is 6.92 Å². The summed E-state index contributed by atoms with van der Waals surface area (Å²) in [6.45, 7) is 8.31. The molecule has 0 spiro atoms. The van der Waals surface area contributed by atoms with Gasteiger partial charge in [0.25, 0.3) is 0 Å². The van der Waals surface area contributed by atoms with Crippen molar-refractivity contribution in [3.63, 3.8) is 0 Å². The van der Waals surface area contributed by atoms with Gasteiger partial charge in [-0.1, -0.05) is 13.8 Å². The van der Waals surface area contributed by atoms with Crippen LogP contribution in [0.2, 0.25) is 0 Å². The minimum absolute atomic E-state index is 0.0926. The van der Waals surface area contributed by atoms with Crippen LogP contribution in [0.4, 0.5) is 0 Å². The normalized spacial score (nSPS) is 6.92. The maximum Gasteiger partial charge on any atom is 0.218 e. The van der Waals surface area contributed by atoms with Gasteiger partial charge in [0, 0.05) is 34.7 Å². The number of carbonyl (C=O) groups is 1. The second-order valence-corrected chi connectivity index (χ2v) is 1.99. The number of ether oxygens (including phenoxy) is 1. The van der Waals surface area contributed by atoms with Gasteiger partial charge in [0.05, 0.1) is 0 Å². The molecule has 0 heterocycles. The molecule has 1 amide bonds. The van der Waals surface area contributed by atoms with Crippen LogP contribution in [0.15, 0.2) is 0 Å². The monoisotopic (exact) mass is 177 g/mol. The maximum atomic E-state index is 10.1. The number of methoxy groups -OCH3 is 1. The van der Waals surface area contributed by atoms with Gasteiger partial charge in [0.2, 0.25) is 5.91 Å². The molecule has 0 aromatic rings. The standard InChI is InChI=1S/C4H9NO.C3H8O.C2H6/c1-4(6)5(2)3;1-3-4-2;1-2/h1-3H3;3H2,1-2H3;1-2H3. The van der Waals surface area contributed by atoms with E-state index in [2.05, 4.69) is 4.74 Å². The molecule has 0 atom stereocenters. The molecule has 0 aliphatic carbocycles. The van der Waals surface area contributed by atoms with Gasteiger partial charge < -0.3 is 9.64 Å². The lowest BCUT2D eigenvalue weighted by Gasteiger charge is -2.02. The number of hydrogen-bond acceptors (Lipinski definition) is 2. The molecule has 0 aromatic carbocycles. The minimum Gasteiger partial charge on any atom is -0.385 e. The highest BCUT2D eigenvalue weighted by atomic mass is 16.5. The molecule has 3 nitrogen and oxygen atoms in total. The van der Waals surface area contributed by atoms with Gasteiger partial charge >= 0.3 is 0 Å². The van der Waals surface area contributed by atoms with E-state index in [9.17, 15) is 4.79 Å². The van der Waals surface area contributed by atoms with E-state index in [0.29, 0.717) is 0 Å². The molecule has 76 valence electrons. The van der Waals surface area contributed by atoms with Crippen molar-refractivity contribution in [1.82, 2.24) is 4.90 Å². The highest BCUT2D eigenvalue weighted by molar-refractivity contribution is 5.72. The molecule has 0 unspecified atom stereocenters. The van der Waals surface area contributed by atoms with E-state index >= 15 is 0 Å². The first kappa shape index (κ1) is 17.5. The van der Waals surface area contributed by atoms with Crippen molar-refractivity contribution in [1.29, 1.82) is 0 Å². The minimum atomic E-state index is 0.0926. The number of amides is 1. The summed E-state index contributed by atoms with van der Waals surface area (Å²) in [7, 11) is 5.13. The zero-order valence-corrected chi connectivity index (χ0v) is 9.47. The highest BCUT2D eigenvalue weighted by Gasteiger charge is 1.87. The van der Waals surface area contributed by atoms with Gasteiger partial charge in [0.15, 0.2) is 0 Å². The Morgan fingerprint density at radius 1 is 1.33 bits per heavy atom. The van der Waals surface area contributed by atoms with Crippen LogP contribution < -0.4 is 0 Å². The van der Waals surface area contributed by atoms with Crippen LogP contribution in [0.25, 0.3) is 0 Å². The maximum absolute atomic E-state index is 10.1. The fraction of sp³-hybridized carbons (Fsp3) is 0.889. The van der Waals surface area contributed by atoms with Crippen LogP contribution in [0.5, 0.6) is 0 Å². The third kappa shape index (κ3) is 34.1. The molecule has 0 bridgehead atoms. The van der Waals surface area contributed by atoms with Crippen LogP contribution in [-0.4, -0.2) is 38.6 Å². The first-order chi connectivity index (χ1) is 5.56. The number of carbonyl (C=O) groups excluding carboxylic acids is 1. The Bertz CT molecular complexity index is 80.6.